The third kappa shape index (κ3) is 3.98. The monoisotopic (exact) mass is 453 g/mol. The predicted octanol–water partition coefficient (Wildman–Crippen LogP) is 7.38. The number of benzene rings is 3. The molecule has 34 heavy (non-hydrogen) atoms. The summed E-state index contributed by atoms with van der Waals surface area (Å²) in [7, 11) is 1.68. The Morgan fingerprint density at radius 2 is 1.71 bits per heavy atom. The van der Waals surface area contributed by atoms with Crippen molar-refractivity contribution in [2.75, 3.05) is 20.2 Å². The third-order valence-electron chi connectivity index (χ3n) is 7.01. The van der Waals surface area contributed by atoms with Crippen molar-refractivity contribution >= 4 is 33.2 Å². The maximum atomic E-state index is 13.1. The number of nitrogens with zero attached hydrogens (tertiary/aromatic N) is 1. The summed E-state index contributed by atoms with van der Waals surface area (Å²) in [4.78, 5) is 15.0. The molecule has 0 bridgehead atoms. The fourth-order valence-electron chi connectivity index (χ4n) is 5.19. The SMILES string of the molecule is COc1c(/C(C)=C/C(=O)N2CCCCCC2)cc2c(-c3cccc4ccccc34)coc2c1C. The van der Waals surface area contributed by atoms with Gasteiger partial charge in [-0.2, -0.15) is 0 Å². The zero-order valence-corrected chi connectivity index (χ0v) is 20.2. The Morgan fingerprint density at radius 3 is 2.47 bits per heavy atom. The molecule has 0 atom stereocenters. The van der Waals surface area contributed by atoms with Crippen LogP contribution in [-0.4, -0.2) is 31.0 Å². The second-order valence-corrected chi connectivity index (χ2v) is 9.20. The molecule has 1 aliphatic rings. The van der Waals surface area contributed by atoms with Gasteiger partial charge in [0, 0.05) is 41.2 Å². The minimum atomic E-state index is 0.0840. The first-order valence-corrected chi connectivity index (χ1v) is 12.1. The van der Waals surface area contributed by atoms with Crippen LogP contribution in [0.15, 0.2) is 65.3 Å². The molecule has 0 aliphatic carbocycles. The van der Waals surface area contributed by atoms with Gasteiger partial charge in [0.25, 0.3) is 0 Å². The lowest BCUT2D eigenvalue weighted by Gasteiger charge is -2.19. The molecule has 0 saturated carbocycles. The van der Waals surface area contributed by atoms with Crippen LogP contribution in [0.1, 0.15) is 43.7 Å². The predicted molar refractivity (Wildman–Crippen MR) is 139 cm³/mol. The van der Waals surface area contributed by atoms with Gasteiger partial charge in [0.05, 0.1) is 13.4 Å². The number of amides is 1. The van der Waals surface area contributed by atoms with E-state index in [9.17, 15) is 4.79 Å². The van der Waals surface area contributed by atoms with Gasteiger partial charge in [0.1, 0.15) is 11.3 Å². The van der Waals surface area contributed by atoms with Gasteiger partial charge in [-0.3, -0.25) is 4.79 Å². The number of likely N-dealkylation sites (tertiary alicyclic amines) is 1. The molecule has 0 unspecified atom stereocenters. The summed E-state index contributed by atoms with van der Waals surface area (Å²) in [5.74, 6) is 0.837. The minimum Gasteiger partial charge on any atom is -0.496 e. The van der Waals surface area contributed by atoms with Crippen molar-refractivity contribution in [1.82, 2.24) is 4.90 Å². The van der Waals surface area contributed by atoms with E-state index in [4.69, 9.17) is 9.15 Å². The largest absolute Gasteiger partial charge is 0.496 e. The first kappa shape index (κ1) is 22.3. The number of methoxy groups -OCH3 is 1. The average Bonchev–Trinajstić information content (AvgIpc) is 3.08. The van der Waals surface area contributed by atoms with Gasteiger partial charge in [-0.05, 0) is 54.7 Å². The molecule has 1 aliphatic heterocycles. The fraction of sp³-hybridized carbons (Fsp3) is 0.300. The highest BCUT2D eigenvalue weighted by atomic mass is 16.5. The van der Waals surface area contributed by atoms with Crippen molar-refractivity contribution in [3.63, 3.8) is 0 Å². The lowest BCUT2D eigenvalue weighted by molar-refractivity contribution is -0.125. The molecule has 4 nitrogen and oxygen atoms in total. The van der Waals surface area contributed by atoms with E-state index in [1.165, 1.54) is 23.6 Å². The highest BCUT2D eigenvalue weighted by molar-refractivity contribution is 6.07. The zero-order valence-electron chi connectivity index (χ0n) is 20.2. The molecule has 1 fully saturated rings. The number of allylic oxidation sites excluding steroid dienone is 1. The summed E-state index contributed by atoms with van der Waals surface area (Å²) in [6.07, 6.45) is 8.17. The van der Waals surface area contributed by atoms with Gasteiger partial charge in [0.15, 0.2) is 0 Å². The van der Waals surface area contributed by atoms with Crippen LogP contribution in [0.5, 0.6) is 5.75 Å². The summed E-state index contributed by atoms with van der Waals surface area (Å²) in [5, 5.41) is 3.41. The number of ether oxygens (including phenoxy) is 1. The van der Waals surface area contributed by atoms with Crippen LogP contribution >= 0.6 is 0 Å². The Kier molecular flexibility index (Phi) is 6.14. The summed E-state index contributed by atoms with van der Waals surface area (Å²) in [5.41, 5.74) is 5.77. The smallest absolute Gasteiger partial charge is 0.246 e. The van der Waals surface area contributed by atoms with Crippen LogP contribution in [0, 0.1) is 6.92 Å². The van der Waals surface area contributed by atoms with Gasteiger partial charge < -0.3 is 14.1 Å². The first-order chi connectivity index (χ1) is 16.6. The van der Waals surface area contributed by atoms with E-state index in [2.05, 4.69) is 48.5 Å². The summed E-state index contributed by atoms with van der Waals surface area (Å²) in [6.45, 7) is 5.69. The fourth-order valence-corrected chi connectivity index (χ4v) is 5.19. The highest BCUT2D eigenvalue weighted by Gasteiger charge is 2.20. The normalized spacial score (nSPS) is 15.0. The average molecular weight is 454 g/mol. The van der Waals surface area contributed by atoms with E-state index in [0.717, 1.165) is 70.5 Å². The number of rotatable bonds is 4. The van der Waals surface area contributed by atoms with Crippen molar-refractivity contribution in [2.24, 2.45) is 0 Å². The molecular formula is C30H31NO3. The van der Waals surface area contributed by atoms with Gasteiger partial charge in [-0.15, -0.1) is 0 Å². The van der Waals surface area contributed by atoms with Crippen LogP contribution in [0.25, 0.3) is 38.4 Å². The zero-order chi connectivity index (χ0) is 23.7. The van der Waals surface area contributed by atoms with E-state index in [0.29, 0.717) is 0 Å². The van der Waals surface area contributed by atoms with Crippen LogP contribution in [0.2, 0.25) is 0 Å². The van der Waals surface area contributed by atoms with E-state index in [-0.39, 0.29) is 5.91 Å². The van der Waals surface area contributed by atoms with Crippen LogP contribution in [-0.2, 0) is 4.79 Å². The third-order valence-corrected chi connectivity index (χ3v) is 7.01. The maximum absolute atomic E-state index is 13.1. The number of aryl methyl sites for hydroxylation is 1. The van der Waals surface area contributed by atoms with Crippen LogP contribution in [0.4, 0.5) is 0 Å². The van der Waals surface area contributed by atoms with Gasteiger partial charge in [-0.1, -0.05) is 55.3 Å². The summed E-state index contributed by atoms with van der Waals surface area (Å²) >= 11 is 0. The number of hydrogen-bond acceptors (Lipinski definition) is 3. The highest BCUT2D eigenvalue weighted by Crippen LogP contribution is 2.42. The summed E-state index contributed by atoms with van der Waals surface area (Å²) in [6, 6.07) is 16.9. The molecule has 5 rings (SSSR count). The molecule has 3 aromatic carbocycles. The van der Waals surface area contributed by atoms with Crippen molar-refractivity contribution < 1.29 is 13.9 Å². The summed E-state index contributed by atoms with van der Waals surface area (Å²) < 4.78 is 11.9. The number of furan rings is 1. The number of hydrogen-bond donors (Lipinski definition) is 0. The molecule has 0 radical (unpaired) electrons. The standard InChI is InChI=1S/C30H31NO3/c1-20(17-28(32)31-15-8-4-5-9-16-31)25-18-26-27(19-34-30(26)21(2)29(25)33-3)24-14-10-12-22-11-6-7-13-23(22)24/h6-7,10-14,17-19H,4-5,8-9,15-16H2,1-3H3/b20-17+. The Labute approximate surface area is 200 Å². The van der Waals surface area contributed by atoms with Crippen molar-refractivity contribution in [1.29, 1.82) is 0 Å². The molecule has 1 aromatic heterocycles. The van der Waals surface area contributed by atoms with E-state index in [1.54, 1.807) is 13.2 Å². The van der Waals surface area contributed by atoms with Crippen molar-refractivity contribution in [2.45, 2.75) is 39.5 Å². The molecule has 174 valence electrons. The Morgan fingerprint density at radius 1 is 0.971 bits per heavy atom. The molecule has 0 N–H and O–H groups in total. The van der Waals surface area contributed by atoms with E-state index >= 15 is 0 Å². The van der Waals surface area contributed by atoms with Crippen molar-refractivity contribution in [3.05, 3.63) is 72.0 Å². The van der Waals surface area contributed by atoms with E-state index < -0.39 is 0 Å². The Hall–Kier alpha value is -3.53. The van der Waals surface area contributed by atoms with Crippen LogP contribution < -0.4 is 4.74 Å². The Balaban J connectivity index is 1.63. The minimum absolute atomic E-state index is 0.0840. The van der Waals surface area contributed by atoms with Gasteiger partial charge in [0.2, 0.25) is 5.91 Å². The molecule has 4 aromatic rings. The quantitative estimate of drug-likeness (QED) is 0.303. The van der Waals surface area contributed by atoms with E-state index in [1.807, 2.05) is 25.0 Å². The van der Waals surface area contributed by atoms with Crippen LogP contribution in [0.3, 0.4) is 0 Å². The second-order valence-electron chi connectivity index (χ2n) is 9.20. The molecule has 1 amide bonds. The maximum Gasteiger partial charge on any atom is 0.246 e. The second kappa shape index (κ2) is 9.38. The molecule has 0 spiro atoms. The van der Waals surface area contributed by atoms with Crippen molar-refractivity contribution in [3.8, 4) is 16.9 Å². The lowest BCUT2D eigenvalue weighted by atomic mass is 9.94. The van der Waals surface area contributed by atoms with Gasteiger partial charge >= 0.3 is 0 Å². The molecular weight excluding hydrogens is 422 g/mol. The molecule has 1 saturated heterocycles. The molecule has 2 heterocycles. The topological polar surface area (TPSA) is 42.7 Å². The first-order valence-electron chi connectivity index (χ1n) is 12.1. The van der Waals surface area contributed by atoms with Gasteiger partial charge in [-0.25, -0.2) is 0 Å². The number of fused-ring (bicyclic) bond motifs is 2. The molecule has 4 heteroatoms. The number of carbonyl (C=O) groups excluding carboxylic acids is 1. The number of carbonyl (C=O) groups is 1. The Bertz CT molecular complexity index is 1380. The lowest BCUT2D eigenvalue weighted by Crippen LogP contribution is -2.30.